The van der Waals surface area contributed by atoms with E-state index in [9.17, 15) is 19.8 Å². The van der Waals surface area contributed by atoms with Crippen LogP contribution in [-0.2, 0) is 9.59 Å². The zero-order valence-corrected chi connectivity index (χ0v) is 12.5. The maximum atomic E-state index is 11.0. The molecule has 0 spiro atoms. The van der Waals surface area contributed by atoms with Crippen molar-refractivity contribution in [1.29, 1.82) is 0 Å². The van der Waals surface area contributed by atoms with E-state index >= 15 is 0 Å². The van der Waals surface area contributed by atoms with Crippen LogP contribution in [0.2, 0.25) is 0 Å². The molecule has 92 valence electrons. The maximum absolute atomic E-state index is 11.0. The van der Waals surface area contributed by atoms with Gasteiger partial charge in [-0.05, 0) is 25.2 Å². The molecule has 5 heteroatoms. The zero-order valence-electron chi connectivity index (χ0n) is 10.3. The number of carbonyl (C=O) groups excluding carboxylic acids is 2. The molecule has 1 fully saturated rings. The van der Waals surface area contributed by atoms with E-state index < -0.39 is 23.8 Å². The Balaban J connectivity index is 0.00000256. The summed E-state index contributed by atoms with van der Waals surface area (Å²) in [6.07, 6.45) is 4.68. The summed E-state index contributed by atoms with van der Waals surface area (Å²) >= 11 is 0. The van der Waals surface area contributed by atoms with E-state index in [2.05, 4.69) is 0 Å². The van der Waals surface area contributed by atoms with E-state index in [0.717, 1.165) is 32.1 Å². The molecule has 0 heterocycles. The van der Waals surface area contributed by atoms with Gasteiger partial charge in [-0.15, -0.1) is 0 Å². The number of hydrogen-bond acceptors (Lipinski definition) is 4. The number of carboxylic acids is 2. The van der Waals surface area contributed by atoms with Crippen molar-refractivity contribution < 1.29 is 19.8 Å². The van der Waals surface area contributed by atoms with Gasteiger partial charge in [0.05, 0.1) is 0 Å². The van der Waals surface area contributed by atoms with Crippen LogP contribution in [0, 0.1) is 17.8 Å². The second-order valence-corrected chi connectivity index (χ2v) is 4.60. The Morgan fingerprint density at radius 2 is 1.82 bits per heavy atom. The summed E-state index contributed by atoms with van der Waals surface area (Å²) in [7, 11) is 0. The molecule has 0 radical (unpaired) electrons. The molecule has 1 saturated carbocycles. The first-order valence-electron chi connectivity index (χ1n) is 5.99. The summed E-state index contributed by atoms with van der Waals surface area (Å²) in [6.45, 7) is 2.03. The normalized spacial score (nSPS) is 28.2. The Morgan fingerprint density at radius 3 is 2.29 bits per heavy atom. The van der Waals surface area contributed by atoms with Gasteiger partial charge < -0.3 is 19.8 Å². The molecule has 0 N–H and O–H groups in total. The third kappa shape index (κ3) is 4.76. The third-order valence-corrected chi connectivity index (χ3v) is 3.53. The summed E-state index contributed by atoms with van der Waals surface area (Å²) < 4.78 is 0. The van der Waals surface area contributed by atoms with E-state index in [-0.39, 0.29) is 43.7 Å². The zero-order chi connectivity index (χ0) is 12.1. The first-order chi connectivity index (χ1) is 7.57. The number of carbonyl (C=O) groups is 2. The molecule has 3 atom stereocenters. The first kappa shape index (κ1) is 17.2. The number of rotatable bonds is 5. The van der Waals surface area contributed by atoms with E-state index in [1.54, 1.807) is 0 Å². The third-order valence-electron chi connectivity index (χ3n) is 3.53. The first-order valence-corrected chi connectivity index (χ1v) is 5.99. The number of unbranched alkanes of at least 4 members (excludes halogenated alkanes) is 1. The maximum Gasteiger partial charge on any atom is 2.00 e. The van der Waals surface area contributed by atoms with E-state index in [1.807, 2.05) is 6.92 Å². The molecule has 1 aliphatic rings. The van der Waals surface area contributed by atoms with Crippen molar-refractivity contribution in [3.05, 3.63) is 0 Å². The Kier molecular flexibility index (Phi) is 8.43. The molecule has 0 aromatic rings. The molecule has 0 aromatic heterocycles. The van der Waals surface area contributed by atoms with Crippen molar-refractivity contribution in [3.8, 4) is 0 Å². The molecule has 0 bridgehead atoms. The molecule has 0 aromatic carbocycles. The van der Waals surface area contributed by atoms with Gasteiger partial charge in [0.25, 0.3) is 0 Å². The second kappa shape index (κ2) is 8.33. The van der Waals surface area contributed by atoms with E-state index in [4.69, 9.17) is 0 Å². The van der Waals surface area contributed by atoms with Gasteiger partial charge in [-0.1, -0.05) is 26.2 Å². The monoisotopic (exact) mass is 266 g/mol. The van der Waals surface area contributed by atoms with Crippen molar-refractivity contribution >= 4 is 49.7 Å². The Labute approximate surface area is 132 Å². The van der Waals surface area contributed by atoms with E-state index in [1.165, 1.54) is 0 Å². The van der Waals surface area contributed by atoms with Crippen molar-refractivity contribution in [2.75, 3.05) is 0 Å². The minimum Gasteiger partial charge on any atom is -0.550 e. The quantitative estimate of drug-likeness (QED) is 0.618. The predicted octanol–water partition coefficient (Wildman–Crippen LogP) is -0.672. The predicted molar refractivity (Wildman–Crippen MR) is 59.6 cm³/mol. The van der Waals surface area contributed by atoms with Crippen LogP contribution >= 0.6 is 0 Å². The molecule has 0 saturated heterocycles. The average Bonchev–Trinajstić information content (AvgIpc) is 2.25. The number of aliphatic carboxylic acids is 2. The van der Waals surface area contributed by atoms with Crippen molar-refractivity contribution in [1.82, 2.24) is 0 Å². The summed E-state index contributed by atoms with van der Waals surface area (Å²) in [4.78, 5) is 21.9. The topological polar surface area (TPSA) is 80.3 Å². The van der Waals surface area contributed by atoms with Crippen LogP contribution in [0.4, 0.5) is 0 Å². The molecule has 17 heavy (non-hydrogen) atoms. The van der Waals surface area contributed by atoms with Crippen LogP contribution in [0.3, 0.4) is 0 Å². The van der Waals surface area contributed by atoms with Gasteiger partial charge in [-0.25, -0.2) is 0 Å². The van der Waals surface area contributed by atoms with Gasteiger partial charge in [0.15, 0.2) is 0 Å². The molecule has 0 amide bonds. The van der Waals surface area contributed by atoms with Crippen LogP contribution in [0.15, 0.2) is 0 Å². The molecule has 1 rings (SSSR count). The minimum atomic E-state index is -1.24. The van der Waals surface area contributed by atoms with Crippen LogP contribution in [0.25, 0.3) is 0 Å². The summed E-state index contributed by atoms with van der Waals surface area (Å²) in [5.41, 5.74) is 0. The van der Waals surface area contributed by atoms with Crippen LogP contribution < -0.4 is 10.2 Å². The van der Waals surface area contributed by atoms with Crippen LogP contribution in [-0.4, -0.2) is 49.7 Å². The summed E-state index contributed by atoms with van der Waals surface area (Å²) in [6, 6.07) is 0. The number of hydrogen-bond donors (Lipinski definition) is 0. The summed E-state index contributed by atoms with van der Waals surface area (Å²) in [5, 5.41) is 21.9. The van der Waals surface area contributed by atoms with Gasteiger partial charge in [-0.2, -0.15) is 0 Å². The van der Waals surface area contributed by atoms with Crippen LogP contribution in [0.5, 0.6) is 0 Å². The average molecular weight is 266 g/mol. The smallest absolute Gasteiger partial charge is 0.550 e. The van der Waals surface area contributed by atoms with Crippen molar-refractivity contribution in [2.24, 2.45) is 17.8 Å². The SMILES string of the molecule is CCCCC1CCCC(C(=O)[O-])C1C(=O)[O-].[Ca+2]. The molecule has 3 unspecified atom stereocenters. The van der Waals surface area contributed by atoms with Gasteiger partial charge in [0, 0.05) is 23.8 Å². The fourth-order valence-electron chi connectivity index (χ4n) is 2.70. The Morgan fingerprint density at radius 1 is 1.18 bits per heavy atom. The van der Waals surface area contributed by atoms with Crippen LogP contribution in [0.1, 0.15) is 45.4 Å². The molecular formula is C12H18CaO4. The number of carboxylic acid groups (broad SMARTS) is 2. The Bertz CT molecular complexity index is 267. The van der Waals surface area contributed by atoms with Crippen molar-refractivity contribution in [3.63, 3.8) is 0 Å². The van der Waals surface area contributed by atoms with Gasteiger partial charge in [0.1, 0.15) is 0 Å². The Hall–Kier alpha value is 0.200. The van der Waals surface area contributed by atoms with Crippen molar-refractivity contribution in [2.45, 2.75) is 45.4 Å². The molecular weight excluding hydrogens is 248 g/mol. The fourth-order valence-corrected chi connectivity index (χ4v) is 2.70. The van der Waals surface area contributed by atoms with E-state index in [0.29, 0.717) is 6.42 Å². The fraction of sp³-hybridized carbons (Fsp3) is 0.833. The largest absolute Gasteiger partial charge is 2.00 e. The van der Waals surface area contributed by atoms with Gasteiger partial charge >= 0.3 is 37.7 Å². The molecule has 4 nitrogen and oxygen atoms in total. The molecule has 1 aliphatic carbocycles. The van der Waals surface area contributed by atoms with Gasteiger partial charge in [0.2, 0.25) is 0 Å². The van der Waals surface area contributed by atoms with Gasteiger partial charge in [-0.3, -0.25) is 0 Å². The summed E-state index contributed by atoms with van der Waals surface area (Å²) in [5.74, 6) is -4.24. The standard InChI is InChI=1S/C12H20O4.Ca/c1-2-3-5-8-6-4-7-9(11(13)14)10(8)12(15)16;/h8-10H,2-7H2,1H3,(H,13,14)(H,15,16);/q;+2/p-2. The second-order valence-electron chi connectivity index (χ2n) is 4.60. The minimum absolute atomic E-state index is 0. The molecule has 0 aliphatic heterocycles.